The number of halogens is 5. The molecular formula is C26H14BrF4NO4. The minimum Gasteiger partial charge on any atom is -0.503 e. The Kier molecular flexibility index (Phi) is 5.71. The topological polar surface area (TPSA) is 70.8 Å². The van der Waals surface area contributed by atoms with E-state index in [4.69, 9.17) is 4.42 Å². The summed E-state index contributed by atoms with van der Waals surface area (Å²) >= 11 is 3.32. The Morgan fingerprint density at radius 3 is 2.42 bits per heavy atom. The van der Waals surface area contributed by atoms with E-state index in [1.54, 1.807) is 18.2 Å². The van der Waals surface area contributed by atoms with Gasteiger partial charge >= 0.3 is 6.18 Å². The number of aliphatic hydroxyl groups excluding tert-OH is 1. The van der Waals surface area contributed by atoms with Gasteiger partial charge < -0.3 is 9.52 Å². The van der Waals surface area contributed by atoms with Crippen molar-refractivity contribution in [3.8, 4) is 0 Å². The lowest BCUT2D eigenvalue weighted by molar-refractivity contribution is -0.137. The van der Waals surface area contributed by atoms with Crippen LogP contribution in [0.15, 0.2) is 93.0 Å². The van der Waals surface area contributed by atoms with Crippen LogP contribution in [0, 0.1) is 5.82 Å². The van der Waals surface area contributed by atoms with Gasteiger partial charge in [-0.3, -0.25) is 14.5 Å². The molecule has 0 radical (unpaired) electrons. The first-order valence-electron chi connectivity index (χ1n) is 10.5. The highest BCUT2D eigenvalue weighted by Crippen LogP contribution is 2.43. The summed E-state index contributed by atoms with van der Waals surface area (Å²) < 4.78 is 60.1. The standard InChI is InChI=1S/C26H14BrF4NO4/c27-16-6-9-19-14(10-16)11-20(36-19)23(33)21-22(13-4-7-17(28)8-5-13)32(25(35)24(21)34)18-3-1-2-15(12-18)26(29,30)31/h1-12,22,34H. The summed E-state index contributed by atoms with van der Waals surface area (Å²) in [7, 11) is 0. The molecule has 182 valence electrons. The molecule has 1 aliphatic heterocycles. The minimum absolute atomic E-state index is 0.185. The van der Waals surface area contributed by atoms with Gasteiger partial charge in [0.05, 0.1) is 17.2 Å². The highest BCUT2D eigenvalue weighted by atomic mass is 79.9. The lowest BCUT2D eigenvalue weighted by Gasteiger charge is -2.27. The molecule has 0 saturated carbocycles. The highest BCUT2D eigenvalue weighted by molar-refractivity contribution is 9.10. The summed E-state index contributed by atoms with van der Waals surface area (Å²) in [5, 5.41) is 11.4. The number of hydrogen-bond donors (Lipinski definition) is 1. The Balaban J connectivity index is 1.66. The van der Waals surface area contributed by atoms with Crippen molar-refractivity contribution in [2.75, 3.05) is 4.90 Å². The number of ketones is 1. The van der Waals surface area contributed by atoms with Crippen LogP contribution >= 0.6 is 15.9 Å². The molecule has 1 aliphatic rings. The first-order chi connectivity index (χ1) is 17.0. The van der Waals surface area contributed by atoms with E-state index >= 15 is 0 Å². The monoisotopic (exact) mass is 559 g/mol. The van der Waals surface area contributed by atoms with Crippen molar-refractivity contribution in [3.05, 3.63) is 111 Å². The van der Waals surface area contributed by atoms with Crippen molar-refractivity contribution >= 4 is 44.3 Å². The first-order valence-corrected chi connectivity index (χ1v) is 11.3. The van der Waals surface area contributed by atoms with Gasteiger partial charge in [0.2, 0.25) is 5.78 Å². The molecule has 4 aromatic rings. The lowest BCUT2D eigenvalue weighted by Crippen LogP contribution is -2.31. The van der Waals surface area contributed by atoms with Crippen LogP contribution in [0.2, 0.25) is 0 Å². The van der Waals surface area contributed by atoms with E-state index in [0.717, 1.165) is 39.7 Å². The van der Waals surface area contributed by atoms with Crippen LogP contribution < -0.4 is 4.90 Å². The van der Waals surface area contributed by atoms with E-state index in [2.05, 4.69) is 15.9 Å². The van der Waals surface area contributed by atoms with Crippen LogP contribution in [0.1, 0.15) is 27.7 Å². The van der Waals surface area contributed by atoms with E-state index in [1.807, 2.05) is 0 Å². The maximum atomic E-state index is 13.6. The molecule has 3 aromatic carbocycles. The second-order valence-electron chi connectivity index (χ2n) is 8.06. The lowest BCUT2D eigenvalue weighted by atomic mass is 9.94. The Labute approximate surface area is 209 Å². The van der Waals surface area contributed by atoms with Crippen LogP contribution in [0.5, 0.6) is 0 Å². The van der Waals surface area contributed by atoms with Crippen molar-refractivity contribution in [2.45, 2.75) is 12.2 Å². The van der Waals surface area contributed by atoms with Crippen molar-refractivity contribution in [2.24, 2.45) is 0 Å². The van der Waals surface area contributed by atoms with Crippen molar-refractivity contribution in [1.29, 1.82) is 0 Å². The first kappa shape index (κ1) is 23.8. The fraction of sp³-hybridized carbons (Fsp3) is 0.0769. The predicted octanol–water partition coefficient (Wildman–Crippen LogP) is 7.14. The van der Waals surface area contributed by atoms with E-state index in [0.29, 0.717) is 11.0 Å². The van der Waals surface area contributed by atoms with Crippen LogP contribution in [-0.4, -0.2) is 16.8 Å². The number of carbonyl (C=O) groups is 2. The summed E-state index contributed by atoms with van der Waals surface area (Å²) in [5.74, 6) is -3.63. The van der Waals surface area contributed by atoms with Gasteiger partial charge in [0.15, 0.2) is 11.5 Å². The summed E-state index contributed by atoms with van der Waals surface area (Å²) in [6, 6.07) is 13.8. The normalized spacial score (nSPS) is 16.3. The molecule has 1 N–H and O–H groups in total. The number of anilines is 1. The van der Waals surface area contributed by atoms with E-state index in [-0.39, 0.29) is 17.0 Å². The molecule has 5 nitrogen and oxygen atoms in total. The fourth-order valence-electron chi connectivity index (χ4n) is 4.15. The van der Waals surface area contributed by atoms with E-state index in [9.17, 15) is 32.3 Å². The molecule has 5 rings (SSSR count). The third kappa shape index (κ3) is 4.07. The van der Waals surface area contributed by atoms with E-state index in [1.165, 1.54) is 24.3 Å². The molecule has 2 heterocycles. The van der Waals surface area contributed by atoms with Crippen molar-refractivity contribution in [3.63, 3.8) is 0 Å². The molecule has 1 atom stereocenters. The molecular weight excluding hydrogens is 546 g/mol. The van der Waals surface area contributed by atoms with Crippen molar-refractivity contribution in [1.82, 2.24) is 0 Å². The van der Waals surface area contributed by atoms with Gasteiger partial charge in [0.1, 0.15) is 11.4 Å². The summed E-state index contributed by atoms with van der Waals surface area (Å²) in [5.41, 5.74) is -1.05. The van der Waals surface area contributed by atoms with Crippen LogP contribution in [-0.2, 0) is 11.0 Å². The number of Topliss-reactive ketones (excluding diaryl/α,β-unsaturated/α-hetero) is 1. The summed E-state index contributed by atoms with van der Waals surface area (Å²) in [6.45, 7) is 0. The average molecular weight is 560 g/mol. The van der Waals surface area contributed by atoms with Gasteiger partial charge in [-0.05, 0) is 60.2 Å². The molecule has 0 bridgehead atoms. The number of alkyl halides is 3. The van der Waals surface area contributed by atoms with Gasteiger partial charge in [-0.2, -0.15) is 13.2 Å². The molecule has 1 amide bonds. The SMILES string of the molecule is O=C(C1=C(O)C(=O)N(c2cccc(C(F)(F)F)c2)C1c1ccc(F)cc1)c1cc2cc(Br)ccc2o1. The molecule has 0 fully saturated rings. The molecule has 0 aliphatic carbocycles. The largest absolute Gasteiger partial charge is 0.503 e. The zero-order chi connectivity index (χ0) is 25.8. The van der Waals surface area contributed by atoms with Gasteiger partial charge in [0.25, 0.3) is 5.91 Å². The number of hydrogen-bond acceptors (Lipinski definition) is 4. The second-order valence-corrected chi connectivity index (χ2v) is 8.98. The Bertz CT molecular complexity index is 1560. The average Bonchev–Trinajstić information content (AvgIpc) is 3.37. The molecule has 10 heteroatoms. The van der Waals surface area contributed by atoms with Gasteiger partial charge in [-0.15, -0.1) is 0 Å². The van der Waals surface area contributed by atoms with Crippen LogP contribution in [0.25, 0.3) is 11.0 Å². The Morgan fingerprint density at radius 2 is 1.72 bits per heavy atom. The number of rotatable bonds is 4. The number of furan rings is 1. The van der Waals surface area contributed by atoms with Crippen LogP contribution in [0.4, 0.5) is 23.2 Å². The molecule has 1 unspecified atom stereocenters. The Hall–Kier alpha value is -3.92. The number of nitrogens with zero attached hydrogens (tertiary/aromatic N) is 1. The number of fused-ring (bicyclic) bond motifs is 1. The van der Waals surface area contributed by atoms with Gasteiger partial charge in [0, 0.05) is 15.5 Å². The van der Waals surface area contributed by atoms with Gasteiger partial charge in [-0.1, -0.05) is 34.1 Å². The number of carbonyl (C=O) groups excluding carboxylic acids is 2. The van der Waals surface area contributed by atoms with Crippen LogP contribution in [0.3, 0.4) is 0 Å². The summed E-state index contributed by atoms with van der Waals surface area (Å²) in [4.78, 5) is 27.6. The molecule has 0 spiro atoms. The molecule has 0 saturated heterocycles. The molecule has 36 heavy (non-hydrogen) atoms. The molecule has 1 aromatic heterocycles. The summed E-state index contributed by atoms with van der Waals surface area (Å²) in [6.07, 6.45) is -4.69. The number of aliphatic hydroxyl groups is 1. The zero-order valence-corrected chi connectivity index (χ0v) is 19.6. The van der Waals surface area contributed by atoms with E-state index < -0.39 is 46.6 Å². The zero-order valence-electron chi connectivity index (χ0n) is 18.0. The fourth-order valence-corrected chi connectivity index (χ4v) is 4.53. The second kappa shape index (κ2) is 8.63. The maximum absolute atomic E-state index is 13.6. The highest BCUT2D eigenvalue weighted by Gasteiger charge is 2.46. The number of amides is 1. The predicted molar refractivity (Wildman–Crippen MR) is 126 cm³/mol. The minimum atomic E-state index is -4.69. The quantitative estimate of drug-likeness (QED) is 0.213. The third-order valence-electron chi connectivity index (χ3n) is 5.79. The number of benzene rings is 3. The Morgan fingerprint density at radius 1 is 1.00 bits per heavy atom. The smallest absolute Gasteiger partial charge is 0.416 e. The van der Waals surface area contributed by atoms with Crippen molar-refractivity contribution < 1.29 is 36.7 Å². The van der Waals surface area contributed by atoms with Gasteiger partial charge in [-0.25, -0.2) is 4.39 Å². The third-order valence-corrected chi connectivity index (χ3v) is 6.29. The maximum Gasteiger partial charge on any atom is 0.416 e.